The lowest BCUT2D eigenvalue weighted by molar-refractivity contribution is 0.424. The second-order valence-corrected chi connectivity index (χ2v) is 6.12. The van der Waals surface area contributed by atoms with Gasteiger partial charge in [0.2, 0.25) is 0 Å². The third-order valence-electron chi connectivity index (χ3n) is 3.52. The quantitative estimate of drug-likeness (QED) is 0.353. The fraction of sp³-hybridized carbons (Fsp3) is 0.800. The van der Waals surface area contributed by atoms with Crippen LogP contribution in [0.15, 0.2) is 12.3 Å². The Morgan fingerprint density at radius 1 is 1.21 bits per heavy atom. The Hall–Kier alpha value is -0.100. The van der Waals surface area contributed by atoms with E-state index in [1.54, 1.807) is 0 Å². The van der Waals surface area contributed by atoms with E-state index in [0.29, 0.717) is 6.04 Å². The summed E-state index contributed by atoms with van der Waals surface area (Å²) in [6.45, 7) is 6.46. The maximum Gasteiger partial charge on any atom is 0.0762 e. The van der Waals surface area contributed by atoms with Crippen LogP contribution in [0.1, 0.15) is 64.1 Å². The first kappa shape index (κ1) is 17.0. The third kappa shape index (κ3) is 6.75. The summed E-state index contributed by atoms with van der Waals surface area (Å²) >= 11 is 2.45. The number of nitrogens with zero attached hydrogens (tertiary/aromatic N) is 2. The molecule has 0 saturated carbocycles. The third-order valence-corrected chi connectivity index (χ3v) is 4.29. The topological polar surface area (TPSA) is 29.9 Å². The van der Waals surface area contributed by atoms with Crippen LogP contribution in [0.25, 0.3) is 0 Å². The van der Waals surface area contributed by atoms with Gasteiger partial charge >= 0.3 is 0 Å². The summed E-state index contributed by atoms with van der Waals surface area (Å²) in [5.41, 5.74) is 1.17. The monoisotopic (exact) mass is 377 g/mol. The zero-order chi connectivity index (χ0) is 13.9. The van der Waals surface area contributed by atoms with E-state index in [4.69, 9.17) is 0 Å². The molecule has 0 aromatic carbocycles. The molecule has 19 heavy (non-hydrogen) atoms. The second-order valence-electron chi connectivity index (χ2n) is 5.04. The van der Waals surface area contributed by atoms with Crippen molar-refractivity contribution >= 4 is 22.6 Å². The molecule has 0 amide bonds. The number of nitrogens with one attached hydrogen (secondary N) is 1. The molecule has 1 aromatic heterocycles. The number of unbranched alkanes of at least 4 members (excludes halogenated alkanes) is 3. The number of hydrogen-bond donors (Lipinski definition) is 1. The molecule has 0 bridgehead atoms. The maximum absolute atomic E-state index is 4.65. The summed E-state index contributed by atoms with van der Waals surface area (Å²) in [6.07, 6.45) is 9.79. The van der Waals surface area contributed by atoms with Crippen molar-refractivity contribution in [2.45, 2.75) is 65.0 Å². The van der Waals surface area contributed by atoms with E-state index in [1.807, 2.05) is 0 Å². The average molecular weight is 377 g/mol. The van der Waals surface area contributed by atoms with E-state index in [0.717, 1.165) is 25.9 Å². The largest absolute Gasteiger partial charge is 0.311 e. The molecular formula is C15H28IN3. The molecule has 1 aromatic rings. The van der Waals surface area contributed by atoms with Crippen LogP contribution in [-0.4, -0.2) is 20.8 Å². The first-order chi connectivity index (χ1) is 9.31. The molecule has 0 aliphatic carbocycles. The summed E-state index contributed by atoms with van der Waals surface area (Å²) in [7, 11) is 0. The molecule has 1 rings (SSSR count). The number of alkyl halides is 1. The Labute approximate surface area is 131 Å². The second kappa shape index (κ2) is 10.7. The van der Waals surface area contributed by atoms with Crippen molar-refractivity contribution in [2.24, 2.45) is 0 Å². The predicted molar refractivity (Wildman–Crippen MR) is 90.9 cm³/mol. The summed E-state index contributed by atoms with van der Waals surface area (Å²) in [6, 6.07) is 2.70. The van der Waals surface area contributed by atoms with Crippen molar-refractivity contribution in [1.82, 2.24) is 15.1 Å². The summed E-state index contributed by atoms with van der Waals surface area (Å²) in [4.78, 5) is 0. The SMILES string of the molecule is CCC(CC)n1ccc(CNCCCCCCI)n1. The van der Waals surface area contributed by atoms with E-state index in [-0.39, 0.29) is 0 Å². The maximum atomic E-state index is 4.65. The van der Waals surface area contributed by atoms with Gasteiger partial charge in [-0.25, -0.2) is 0 Å². The molecule has 3 nitrogen and oxygen atoms in total. The Bertz CT molecular complexity index is 321. The highest BCUT2D eigenvalue weighted by Crippen LogP contribution is 2.14. The van der Waals surface area contributed by atoms with Gasteiger partial charge < -0.3 is 5.32 Å². The van der Waals surface area contributed by atoms with Crippen LogP contribution < -0.4 is 5.32 Å². The van der Waals surface area contributed by atoms with Crippen molar-refractivity contribution < 1.29 is 0 Å². The highest BCUT2D eigenvalue weighted by Gasteiger charge is 2.07. The lowest BCUT2D eigenvalue weighted by Gasteiger charge is -2.12. The Balaban J connectivity index is 2.16. The molecule has 0 radical (unpaired) electrons. The van der Waals surface area contributed by atoms with Gasteiger partial charge in [0.25, 0.3) is 0 Å². The van der Waals surface area contributed by atoms with Crippen molar-refractivity contribution in [3.8, 4) is 0 Å². The molecule has 1 N–H and O–H groups in total. The fourth-order valence-electron chi connectivity index (χ4n) is 2.25. The minimum Gasteiger partial charge on any atom is -0.311 e. The lowest BCUT2D eigenvalue weighted by atomic mass is 10.2. The number of hydrogen-bond acceptors (Lipinski definition) is 2. The van der Waals surface area contributed by atoms with Crippen molar-refractivity contribution in [3.05, 3.63) is 18.0 Å². The van der Waals surface area contributed by atoms with E-state index in [1.165, 1.54) is 35.8 Å². The Morgan fingerprint density at radius 3 is 2.63 bits per heavy atom. The molecule has 0 aliphatic rings. The van der Waals surface area contributed by atoms with Crippen LogP contribution in [0.3, 0.4) is 0 Å². The van der Waals surface area contributed by atoms with Gasteiger partial charge in [-0.2, -0.15) is 5.10 Å². The van der Waals surface area contributed by atoms with Crippen LogP contribution in [0.4, 0.5) is 0 Å². The summed E-state index contributed by atoms with van der Waals surface area (Å²) in [5, 5.41) is 8.14. The normalized spacial score (nSPS) is 11.4. The molecule has 1 heterocycles. The predicted octanol–water partition coefficient (Wildman–Crippen LogP) is 4.33. The molecule has 0 atom stereocenters. The Kier molecular flexibility index (Phi) is 9.51. The van der Waals surface area contributed by atoms with Gasteiger partial charge in [-0.1, -0.05) is 49.3 Å². The van der Waals surface area contributed by atoms with E-state index in [9.17, 15) is 0 Å². The molecule has 0 aliphatic heterocycles. The zero-order valence-corrected chi connectivity index (χ0v) is 14.5. The van der Waals surface area contributed by atoms with Crippen molar-refractivity contribution in [2.75, 3.05) is 11.0 Å². The van der Waals surface area contributed by atoms with E-state index >= 15 is 0 Å². The molecule has 0 saturated heterocycles. The smallest absolute Gasteiger partial charge is 0.0762 e. The van der Waals surface area contributed by atoms with E-state index < -0.39 is 0 Å². The number of aromatic nitrogens is 2. The minimum absolute atomic E-state index is 0.557. The number of rotatable bonds is 11. The standard InChI is InChI=1S/C15H28IN3/c1-3-15(4-2)19-12-9-14(18-19)13-17-11-8-6-5-7-10-16/h9,12,15,17H,3-8,10-11,13H2,1-2H3. The molecular weight excluding hydrogens is 349 g/mol. The van der Waals surface area contributed by atoms with Crippen LogP contribution >= 0.6 is 22.6 Å². The minimum atomic E-state index is 0.557. The fourth-order valence-corrected chi connectivity index (χ4v) is 2.79. The average Bonchev–Trinajstić information content (AvgIpc) is 2.88. The Morgan fingerprint density at radius 2 is 1.95 bits per heavy atom. The lowest BCUT2D eigenvalue weighted by Crippen LogP contribution is -2.16. The summed E-state index contributed by atoms with van der Waals surface area (Å²) in [5.74, 6) is 0. The van der Waals surface area contributed by atoms with Crippen LogP contribution in [0.5, 0.6) is 0 Å². The molecule has 4 heteroatoms. The first-order valence-electron chi connectivity index (χ1n) is 7.62. The van der Waals surface area contributed by atoms with Crippen molar-refractivity contribution in [3.63, 3.8) is 0 Å². The van der Waals surface area contributed by atoms with Crippen LogP contribution in [0.2, 0.25) is 0 Å². The molecule has 0 unspecified atom stereocenters. The van der Waals surface area contributed by atoms with E-state index in [2.05, 4.69) is 63.8 Å². The molecule has 110 valence electrons. The zero-order valence-electron chi connectivity index (χ0n) is 12.4. The van der Waals surface area contributed by atoms with Gasteiger partial charge in [-0.05, 0) is 42.7 Å². The van der Waals surface area contributed by atoms with Crippen molar-refractivity contribution in [1.29, 1.82) is 0 Å². The van der Waals surface area contributed by atoms with Gasteiger partial charge in [0.15, 0.2) is 0 Å². The molecule has 0 spiro atoms. The highest BCUT2D eigenvalue weighted by atomic mass is 127. The van der Waals surface area contributed by atoms with Crippen LogP contribution in [0, 0.1) is 0 Å². The first-order valence-corrected chi connectivity index (χ1v) is 9.15. The highest BCUT2D eigenvalue weighted by molar-refractivity contribution is 14.1. The van der Waals surface area contributed by atoms with Gasteiger partial charge in [0, 0.05) is 12.7 Å². The van der Waals surface area contributed by atoms with Gasteiger partial charge in [0.05, 0.1) is 11.7 Å². The number of halogens is 1. The summed E-state index contributed by atoms with van der Waals surface area (Å²) < 4.78 is 3.41. The van der Waals surface area contributed by atoms with Crippen LogP contribution in [-0.2, 0) is 6.54 Å². The van der Waals surface area contributed by atoms with Gasteiger partial charge in [-0.15, -0.1) is 0 Å². The van der Waals surface area contributed by atoms with Gasteiger partial charge in [0.1, 0.15) is 0 Å². The van der Waals surface area contributed by atoms with Gasteiger partial charge in [-0.3, -0.25) is 4.68 Å². The molecule has 0 fully saturated rings.